The summed E-state index contributed by atoms with van der Waals surface area (Å²) in [6, 6.07) is -0.805. The van der Waals surface area contributed by atoms with Crippen molar-refractivity contribution in [3.8, 4) is 0 Å². The fourth-order valence-corrected chi connectivity index (χ4v) is 13.1. The summed E-state index contributed by atoms with van der Waals surface area (Å²) in [7, 11) is 1.32. The van der Waals surface area contributed by atoms with Crippen LogP contribution in [0.15, 0.2) is 85.1 Å². The highest BCUT2D eigenvalue weighted by molar-refractivity contribution is 7.45. The summed E-state index contributed by atoms with van der Waals surface area (Å²) in [6.45, 7) is 4.66. The van der Waals surface area contributed by atoms with Gasteiger partial charge in [0, 0.05) is 6.42 Å². The first-order chi connectivity index (χ1) is 46.0. The van der Waals surface area contributed by atoms with Gasteiger partial charge in [-0.2, -0.15) is 0 Å². The number of phosphoric ester groups is 1. The van der Waals surface area contributed by atoms with Crippen molar-refractivity contribution in [1.29, 1.82) is 0 Å². The quantitative estimate of drug-likeness (QED) is 0.0272. The number of hydrogen-bond acceptors (Lipinski definition) is 6. The summed E-state index contributed by atoms with van der Waals surface area (Å²) >= 11 is 0. The van der Waals surface area contributed by atoms with E-state index >= 15 is 0 Å². The van der Waals surface area contributed by atoms with Crippen molar-refractivity contribution in [2.75, 3.05) is 40.9 Å². The topological polar surface area (TPSA) is 108 Å². The van der Waals surface area contributed by atoms with E-state index in [-0.39, 0.29) is 19.1 Å². The van der Waals surface area contributed by atoms with Crippen LogP contribution in [0, 0.1) is 0 Å². The molecular weight excluding hydrogens is 1180 g/mol. The van der Waals surface area contributed by atoms with Crippen LogP contribution in [0.3, 0.4) is 0 Å². The number of nitrogens with zero attached hydrogens (tertiary/aromatic N) is 1. The van der Waals surface area contributed by atoms with Crippen LogP contribution < -0.4 is 10.2 Å². The molecule has 0 aromatic rings. The molecule has 1 amide bonds. The number of nitrogens with one attached hydrogen (secondary N) is 1. The summed E-state index contributed by atoms with van der Waals surface area (Å²) in [5.74, 6) is -0.158. The third kappa shape index (κ3) is 77.0. The van der Waals surface area contributed by atoms with E-state index in [1.807, 2.05) is 21.1 Å². The van der Waals surface area contributed by atoms with Crippen molar-refractivity contribution in [2.45, 2.75) is 411 Å². The molecule has 0 rings (SSSR count). The average Bonchev–Trinajstić information content (AvgIpc) is 1.77. The van der Waals surface area contributed by atoms with E-state index in [2.05, 4.69) is 104 Å². The zero-order chi connectivity index (χ0) is 68.3. The lowest BCUT2D eigenvalue weighted by molar-refractivity contribution is -0.870. The Kier molecular flexibility index (Phi) is 73.0. The molecule has 0 radical (unpaired) electrons. The molecule has 2 N–H and O–H groups in total. The highest BCUT2D eigenvalue weighted by Crippen LogP contribution is 2.38. The van der Waals surface area contributed by atoms with Crippen molar-refractivity contribution < 1.29 is 32.9 Å². The maximum atomic E-state index is 13.1. The molecule has 0 fully saturated rings. The average molecular weight is 1340 g/mol. The highest BCUT2D eigenvalue weighted by Gasteiger charge is 2.24. The zero-order valence-corrected chi connectivity index (χ0v) is 64.1. The van der Waals surface area contributed by atoms with Crippen LogP contribution >= 0.6 is 7.82 Å². The standard InChI is InChI=1S/C85H159N2O6P/c1-6-8-10-12-14-16-18-20-22-24-26-28-30-32-34-36-38-39-40-41-42-43-44-45-46-47-49-51-53-55-57-59-61-63-65-67-69-71-73-75-77-79-85(89)86-83(82-93-94(90,91)92-81-80-87(3,4)5)84(88)78-76-74-72-70-68-66-64-62-60-58-56-54-52-50-48-37-35-33-31-29-27-25-23-21-19-17-15-13-11-9-7-2/h8,10,14,16,20,22,26,28,32,34,38-39,41-42,83-84,88H,6-7,9,11-13,15,17-19,21,23-25,27,29-31,33,35-37,40,43-82H2,1-5H3,(H-,86,89,90,91)/b10-8-,16-14-,22-20-,28-26-,34-32-,39-38-,42-41-. The van der Waals surface area contributed by atoms with Crippen LogP contribution in [0.5, 0.6) is 0 Å². The van der Waals surface area contributed by atoms with Crippen molar-refractivity contribution in [3.63, 3.8) is 0 Å². The fourth-order valence-electron chi connectivity index (χ4n) is 12.4. The number of carbonyl (C=O) groups excluding carboxylic acids is 1. The number of quaternary nitrogens is 1. The molecule has 8 nitrogen and oxygen atoms in total. The molecule has 94 heavy (non-hydrogen) atoms. The molecule has 0 saturated heterocycles. The first-order valence-corrected chi connectivity index (χ1v) is 42.4. The smallest absolute Gasteiger partial charge is 0.268 e. The molecule has 0 saturated carbocycles. The van der Waals surface area contributed by atoms with Crippen LogP contribution in [0.4, 0.5) is 0 Å². The number of allylic oxidation sites excluding steroid dienone is 14. The van der Waals surface area contributed by atoms with E-state index in [0.29, 0.717) is 23.9 Å². The number of aliphatic hydroxyl groups is 1. The van der Waals surface area contributed by atoms with Crippen LogP contribution in [0.1, 0.15) is 399 Å². The molecule has 550 valence electrons. The SMILES string of the molecule is CC/C=C\C/C=C\C/C=C\C/C=C\C/C=C\C/C=C\C/C=C\CCCCCCCCCCCCCCCCCCCCCC(=O)NC(COP(=O)([O-])OCC[N+](C)(C)C)C(O)CCCCCCCCCCCCCCCCCCCCCCCCCCCCCCCCC. The Bertz CT molecular complexity index is 1820. The number of likely N-dealkylation sites (N-methyl/N-ethyl adjacent to an activating group) is 1. The van der Waals surface area contributed by atoms with E-state index in [9.17, 15) is 19.4 Å². The monoisotopic (exact) mass is 1340 g/mol. The molecule has 0 aliphatic rings. The summed E-state index contributed by atoms with van der Waals surface area (Å²) < 4.78 is 23.6. The second-order valence-electron chi connectivity index (χ2n) is 29.1. The Labute approximate surface area is 586 Å². The lowest BCUT2D eigenvalue weighted by atomic mass is 10.0. The van der Waals surface area contributed by atoms with Gasteiger partial charge in [-0.25, -0.2) is 0 Å². The molecule has 0 spiro atoms. The molecule has 0 aromatic heterocycles. The molecule has 3 atom stereocenters. The normalized spacial score (nSPS) is 13.9. The molecular formula is C85H159N2O6P. The van der Waals surface area contributed by atoms with Gasteiger partial charge >= 0.3 is 0 Å². The first-order valence-electron chi connectivity index (χ1n) is 40.9. The van der Waals surface area contributed by atoms with Crippen molar-refractivity contribution >= 4 is 13.7 Å². The molecule has 0 bridgehead atoms. The van der Waals surface area contributed by atoms with E-state index in [1.165, 1.54) is 289 Å². The second kappa shape index (κ2) is 74.9. The van der Waals surface area contributed by atoms with E-state index < -0.39 is 20.0 Å². The summed E-state index contributed by atoms with van der Waals surface area (Å²) in [6.07, 6.45) is 107. The predicted octanol–water partition coefficient (Wildman–Crippen LogP) is 26.4. The van der Waals surface area contributed by atoms with E-state index in [1.54, 1.807) is 0 Å². The van der Waals surface area contributed by atoms with Gasteiger partial charge in [0.05, 0.1) is 39.9 Å². The zero-order valence-electron chi connectivity index (χ0n) is 63.2. The minimum absolute atomic E-state index is 0.0124. The largest absolute Gasteiger partial charge is 0.756 e. The third-order valence-corrected chi connectivity index (χ3v) is 19.6. The first kappa shape index (κ1) is 91.7. The molecule has 0 heterocycles. The van der Waals surface area contributed by atoms with E-state index in [4.69, 9.17) is 9.05 Å². The Morgan fingerprint density at radius 3 is 0.947 bits per heavy atom. The number of carbonyl (C=O) groups is 1. The molecule has 9 heteroatoms. The number of phosphoric acid groups is 1. The Balaban J connectivity index is 3.93. The van der Waals surface area contributed by atoms with Gasteiger partial charge in [0.25, 0.3) is 7.82 Å². The van der Waals surface area contributed by atoms with Crippen molar-refractivity contribution in [3.05, 3.63) is 85.1 Å². The van der Waals surface area contributed by atoms with Crippen LogP contribution in [0.2, 0.25) is 0 Å². The van der Waals surface area contributed by atoms with Crippen molar-refractivity contribution in [2.24, 2.45) is 0 Å². The minimum atomic E-state index is -4.59. The maximum Gasteiger partial charge on any atom is 0.268 e. The van der Waals surface area contributed by atoms with Crippen LogP contribution in [-0.2, 0) is 18.4 Å². The van der Waals surface area contributed by atoms with Crippen molar-refractivity contribution in [1.82, 2.24) is 5.32 Å². The Hall–Kier alpha value is -2.32. The molecule has 0 aliphatic heterocycles. The maximum absolute atomic E-state index is 13.1. The molecule has 0 aliphatic carbocycles. The minimum Gasteiger partial charge on any atom is -0.756 e. The summed E-state index contributed by atoms with van der Waals surface area (Å²) in [4.78, 5) is 25.8. The number of aliphatic hydroxyl groups excluding tert-OH is 1. The fraction of sp³-hybridized carbons (Fsp3) is 0.824. The number of unbranched alkanes of at least 4 members (excludes halogenated alkanes) is 49. The van der Waals surface area contributed by atoms with Gasteiger partial charge in [-0.1, -0.05) is 407 Å². The number of amides is 1. The lowest BCUT2D eigenvalue weighted by Gasteiger charge is -2.30. The second-order valence-corrected chi connectivity index (χ2v) is 30.5. The number of rotatable bonds is 76. The third-order valence-electron chi connectivity index (χ3n) is 18.6. The summed E-state index contributed by atoms with van der Waals surface area (Å²) in [5.41, 5.74) is 0. The van der Waals surface area contributed by atoms with Gasteiger partial charge in [-0.15, -0.1) is 0 Å². The van der Waals surface area contributed by atoms with Gasteiger partial charge in [-0.05, 0) is 70.6 Å². The van der Waals surface area contributed by atoms with Gasteiger partial charge in [0.1, 0.15) is 13.2 Å². The van der Waals surface area contributed by atoms with Gasteiger partial charge < -0.3 is 28.8 Å². The van der Waals surface area contributed by atoms with Gasteiger partial charge in [-0.3, -0.25) is 9.36 Å². The molecule has 0 aromatic carbocycles. The van der Waals surface area contributed by atoms with E-state index in [0.717, 1.165) is 83.5 Å². The number of hydrogen-bond donors (Lipinski definition) is 2. The highest BCUT2D eigenvalue weighted by atomic mass is 31.2. The van der Waals surface area contributed by atoms with Crippen LogP contribution in [-0.4, -0.2) is 68.5 Å². The Morgan fingerprint density at radius 2 is 0.649 bits per heavy atom. The van der Waals surface area contributed by atoms with Gasteiger partial charge in [0.15, 0.2) is 0 Å². The summed E-state index contributed by atoms with van der Waals surface area (Å²) in [5, 5.41) is 14.2. The van der Waals surface area contributed by atoms with Gasteiger partial charge in [0.2, 0.25) is 5.91 Å². The Morgan fingerprint density at radius 1 is 0.383 bits per heavy atom. The van der Waals surface area contributed by atoms with Crippen LogP contribution in [0.25, 0.3) is 0 Å². The lowest BCUT2D eigenvalue weighted by Crippen LogP contribution is -2.46. The molecule has 3 unspecified atom stereocenters. The predicted molar refractivity (Wildman–Crippen MR) is 413 cm³/mol.